The number of fused-ring (bicyclic) bond motifs is 1. The van der Waals surface area contributed by atoms with Gasteiger partial charge < -0.3 is 9.64 Å². The Morgan fingerprint density at radius 1 is 1.15 bits per heavy atom. The molecular formula is C19H19F2N3O2S. The van der Waals surface area contributed by atoms with Crippen LogP contribution < -0.4 is 9.64 Å². The van der Waals surface area contributed by atoms with Gasteiger partial charge in [-0.1, -0.05) is 11.3 Å². The van der Waals surface area contributed by atoms with E-state index in [0.717, 1.165) is 22.3 Å². The molecule has 0 atom stereocenters. The summed E-state index contributed by atoms with van der Waals surface area (Å²) in [6.45, 7) is 0.882. The number of halogens is 2. The number of nitrogens with zero attached hydrogens (tertiary/aromatic N) is 3. The first-order valence-corrected chi connectivity index (χ1v) is 9.07. The number of hydrogen-bond donors (Lipinski definition) is 0. The van der Waals surface area contributed by atoms with E-state index in [1.807, 2.05) is 25.1 Å². The predicted octanol–water partition coefficient (Wildman–Crippen LogP) is 3.79. The Bertz CT molecular complexity index is 975. The van der Waals surface area contributed by atoms with Crippen molar-refractivity contribution < 1.29 is 18.3 Å². The van der Waals surface area contributed by atoms with E-state index in [1.165, 1.54) is 16.2 Å². The fourth-order valence-electron chi connectivity index (χ4n) is 2.53. The van der Waals surface area contributed by atoms with Crippen molar-refractivity contribution in [2.24, 2.45) is 0 Å². The molecule has 2 aromatic carbocycles. The maximum Gasteiger partial charge on any atom is 0.263 e. The minimum absolute atomic E-state index is 0.188. The number of likely N-dealkylation sites (N-methyl/N-ethyl adjacent to an activating group) is 1. The number of anilines is 1. The molecule has 8 heteroatoms. The minimum Gasteiger partial charge on any atom is -0.497 e. The van der Waals surface area contributed by atoms with Gasteiger partial charge in [0.2, 0.25) is 0 Å². The Labute approximate surface area is 159 Å². The summed E-state index contributed by atoms with van der Waals surface area (Å²) in [4.78, 5) is 20.8. The quantitative estimate of drug-likeness (QED) is 0.641. The molecule has 0 spiro atoms. The van der Waals surface area contributed by atoms with Crippen LogP contribution >= 0.6 is 11.3 Å². The number of carbonyl (C=O) groups excluding carboxylic acids is 1. The third-order valence-corrected chi connectivity index (χ3v) is 5.03. The standard InChI is InChI=1S/C19H19F2N3O2S/c1-23(2)8-9-24(18(25)14-6-4-12(20)10-15(14)21)19-22-16-7-5-13(26-3)11-17(16)27-19/h4-7,10-11H,8-9H2,1-3H3. The molecule has 1 aromatic heterocycles. The smallest absolute Gasteiger partial charge is 0.263 e. The molecule has 0 radical (unpaired) electrons. The summed E-state index contributed by atoms with van der Waals surface area (Å²) in [5.41, 5.74) is 0.532. The predicted molar refractivity (Wildman–Crippen MR) is 103 cm³/mol. The first-order chi connectivity index (χ1) is 12.9. The van der Waals surface area contributed by atoms with E-state index in [1.54, 1.807) is 19.2 Å². The molecule has 0 saturated heterocycles. The fraction of sp³-hybridized carbons (Fsp3) is 0.263. The van der Waals surface area contributed by atoms with Gasteiger partial charge in [-0.15, -0.1) is 0 Å². The number of methoxy groups -OCH3 is 1. The average molecular weight is 391 g/mol. The number of ether oxygens (including phenoxy) is 1. The van der Waals surface area contributed by atoms with Crippen LogP contribution in [0.4, 0.5) is 13.9 Å². The van der Waals surface area contributed by atoms with Gasteiger partial charge in [0.25, 0.3) is 5.91 Å². The molecule has 0 saturated carbocycles. The molecule has 142 valence electrons. The van der Waals surface area contributed by atoms with Gasteiger partial charge in [0.15, 0.2) is 5.13 Å². The molecule has 0 aliphatic carbocycles. The molecule has 5 nitrogen and oxygen atoms in total. The topological polar surface area (TPSA) is 45.7 Å². The highest BCUT2D eigenvalue weighted by Crippen LogP contribution is 2.32. The Kier molecular flexibility index (Phi) is 5.67. The molecule has 0 bridgehead atoms. The average Bonchev–Trinajstić information content (AvgIpc) is 3.04. The van der Waals surface area contributed by atoms with Gasteiger partial charge in [-0.2, -0.15) is 0 Å². The van der Waals surface area contributed by atoms with Gasteiger partial charge in [-0.3, -0.25) is 9.69 Å². The molecule has 1 amide bonds. The van der Waals surface area contributed by atoms with Crippen molar-refractivity contribution in [1.82, 2.24) is 9.88 Å². The van der Waals surface area contributed by atoms with Crippen molar-refractivity contribution in [3.05, 3.63) is 53.6 Å². The Hall–Kier alpha value is -2.58. The van der Waals surface area contributed by atoms with Crippen LogP contribution in [0.5, 0.6) is 5.75 Å². The van der Waals surface area contributed by atoms with Gasteiger partial charge >= 0.3 is 0 Å². The molecule has 0 aliphatic rings. The molecular weight excluding hydrogens is 372 g/mol. The van der Waals surface area contributed by atoms with E-state index in [9.17, 15) is 13.6 Å². The normalized spacial score (nSPS) is 11.2. The number of thiazole rings is 1. The van der Waals surface area contributed by atoms with Crippen molar-refractivity contribution in [3.63, 3.8) is 0 Å². The zero-order chi connectivity index (χ0) is 19.6. The van der Waals surface area contributed by atoms with E-state index >= 15 is 0 Å². The third-order valence-electron chi connectivity index (χ3n) is 3.99. The summed E-state index contributed by atoms with van der Waals surface area (Å²) in [5.74, 6) is -1.48. The minimum atomic E-state index is -0.891. The lowest BCUT2D eigenvalue weighted by atomic mass is 10.2. The second-order valence-corrected chi connectivity index (χ2v) is 7.22. The lowest BCUT2D eigenvalue weighted by Crippen LogP contribution is -2.37. The highest BCUT2D eigenvalue weighted by molar-refractivity contribution is 7.22. The number of rotatable bonds is 6. The summed E-state index contributed by atoms with van der Waals surface area (Å²) >= 11 is 1.32. The second-order valence-electron chi connectivity index (χ2n) is 6.21. The molecule has 27 heavy (non-hydrogen) atoms. The van der Waals surface area contributed by atoms with Crippen molar-refractivity contribution in [1.29, 1.82) is 0 Å². The van der Waals surface area contributed by atoms with E-state index < -0.39 is 17.5 Å². The van der Waals surface area contributed by atoms with Gasteiger partial charge in [-0.05, 0) is 44.4 Å². The van der Waals surface area contributed by atoms with Gasteiger partial charge in [0, 0.05) is 19.2 Å². The zero-order valence-corrected chi connectivity index (χ0v) is 16.0. The lowest BCUT2D eigenvalue weighted by molar-refractivity contribution is 0.0981. The first-order valence-electron chi connectivity index (χ1n) is 8.25. The van der Waals surface area contributed by atoms with E-state index in [0.29, 0.717) is 30.0 Å². The maximum absolute atomic E-state index is 14.1. The fourth-order valence-corrected chi connectivity index (χ4v) is 3.55. The Morgan fingerprint density at radius 3 is 2.59 bits per heavy atom. The lowest BCUT2D eigenvalue weighted by Gasteiger charge is -2.22. The van der Waals surface area contributed by atoms with Crippen LogP contribution in [0.1, 0.15) is 10.4 Å². The summed E-state index contributed by atoms with van der Waals surface area (Å²) in [7, 11) is 5.34. The third kappa shape index (κ3) is 4.23. The van der Waals surface area contributed by atoms with Crippen LogP contribution in [0.2, 0.25) is 0 Å². The van der Waals surface area contributed by atoms with Crippen molar-refractivity contribution in [2.75, 3.05) is 39.2 Å². The summed E-state index contributed by atoms with van der Waals surface area (Å²) < 4.78 is 33.4. The number of aromatic nitrogens is 1. The number of amides is 1. The molecule has 0 fully saturated rings. The number of carbonyl (C=O) groups is 1. The maximum atomic E-state index is 14.1. The van der Waals surface area contributed by atoms with Crippen LogP contribution in [0.3, 0.4) is 0 Å². The van der Waals surface area contributed by atoms with Crippen LogP contribution in [-0.2, 0) is 0 Å². The summed E-state index contributed by atoms with van der Waals surface area (Å²) in [6.07, 6.45) is 0. The van der Waals surface area contributed by atoms with Crippen molar-refractivity contribution in [3.8, 4) is 5.75 Å². The highest BCUT2D eigenvalue weighted by atomic mass is 32.1. The zero-order valence-electron chi connectivity index (χ0n) is 15.2. The SMILES string of the molecule is COc1ccc2nc(N(CCN(C)C)C(=O)c3ccc(F)cc3F)sc2c1. The van der Waals surface area contributed by atoms with Gasteiger partial charge in [0.1, 0.15) is 17.4 Å². The molecule has 1 heterocycles. The molecule has 3 aromatic rings. The second kappa shape index (κ2) is 7.98. The largest absolute Gasteiger partial charge is 0.497 e. The van der Waals surface area contributed by atoms with E-state index in [4.69, 9.17) is 4.74 Å². The highest BCUT2D eigenvalue weighted by Gasteiger charge is 2.24. The van der Waals surface area contributed by atoms with Crippen LogP contribution in [0.25, 0.3) is 10.2 Å². The van der Waals surface area contributed by atoms with Gasteiger partial charge in [-0.25, -0.2) is 13.8 Å². The monoisotopic (exact) mass is 391 g/mol. The Balaban J connectivity index is 2.01. The Morgan fingerprint density at radius 2 is 1.93 bits per heavy atom. The molecule has 0 unspecified atom stereocenters. The van der Waals surface area contributed by atoms with Crippen LogP contribution in [0, 0.1) is 11.6 Å². The van der Waals surface area contributed by atoms with Crippen molar-refractivity contribution >= 4 is 32.6 Å². The van der Waals surface area contributed by atoms with Crippen LogP contribution in [-0.4, -0.2) is 50.1 Å². The van der Waals surface area contributed by atoms with Crippen molar-refractivity contribution in [2.45, 2.75) is 0 Å². The van der Waals surface area contributed by atoms with Gasteiger partial charge in [0.05, 0.1) is 22.9 Å². The molecule has 0 N–H and O–H groups in total. The summed E-state index contributed by atoms with van der Waals surface area (Å²) in [6, 6.07) is 8.37. The number of hydrogen-bond acceptors (Lipinski definition) is 5. The first kappa shape index (κ1) is 19.2. The molecule has 3 rings (SSSR count). The summed E-state index contributed by atoms with van der Waals surface area (Å²) in [5, 5.41) is 0.453. The molecule has 0 aliphatic heterocycles. The van der Waals surface area contributed by atoms with Crippen LogP contribution in [0.15, 0.2) is 36.4 Å². The number of benzene rings is 2. The van der Waals surface area contributed by atoms with E-state index in [2.05, 4.69) is 4.98 Å². The van der Waals surface area contributed by atoms with E-state index in [-0.39, 0.29) is 5.56 Å².